The summed E-state index contributed by atoms with van der Waals surface area (Å²) < 4.78 is 5.78. The number of rotatable bonds is 3. The number of hydrogen-bond acceptors (Lipinski definition) is 5. The molecule has 3 rings (SSSR count). The van der Waals surface area contributed by atoms with Gasteiger partial charge in [-0.2, -0.15) is 0 Å². The molecule has 0 atom stereocenters. The molecule has 122 valence electrons. The number of benzene rings is 2. The smallest absolute Gasteiger partial charge is 0.265 e. The minimum Gasteiger partial charge on any atom is -0.416 e. The first kappa shape index (κ1) is 15.9. The van der Waals surface area contributed by atoms with E-state index >= 15 is 0 Å². The van der Waals surface area contributed by atoms with Crippen molar-refractivity contribution >= 4 is 5.91 Å². The Labute approximate surface area is 139 Å². The van der Waals surface area contributed by atoms with Gasteiger partial charge in [0.15, 0.2) is 0 Å². The quantitative estimate of drug-likeness (QED) is 0.439. The van der Waals surface area contributed by atoms with Crippen molar-refractivity contribution in [3.05, 3.63) is 58.7 Å². The molecule has 0 aliphatic rings. The zero-order valence-electron chi connectivity index (χ0n) is 13.8. The van der Waals surface area contributed by atoms with Gasteiger partial charge in [-0.05, 0) is 73.9 Å². The highest BCUT2D eigenvalue weighted by Gasteiger charge is 2.13. The van der Waals surface area contributed by atoms with E-state index in [0.717, 1.165) is 11.1 Å². The number of aryl methyl sites for hydroxylation is 2. The lowest BCUT2D eigenvalue weighted by Crippen LogP contribution is -2.29. The molecule has 0 fully saturated rings. The van der Waals surface area contributed by atoms with Crippen LogP contribution >= 0.6 is 0 Å². The van der Waals surface area contributed by atoms with Crippen LogP contribution in [0.2, 0.25) is 0 Å². The van der Waals surface area contributed by atoms with Crippen LogP contribution in [-0.2, 0) is 0 Å². The van der Waals surface area contributed by atoms with Crippen LogP contribution in [-0.4, -0.2) is 16.1 Å². The third kappa shape index (κ3) is 2.91. The summed E-state index contributed by atoms with van der Waals surface area (Å²) in [5.74, 6) is 5.64. The third-order valence-corrected chi connectivity index (χ3v) is 4.12. The van der Waals surface area contributed by atoms with Crippen molar-refractivity contribution in [3.63, 3.8) is 0 Å². The molecule has 6 heteroatoms. The summed E-state index contributed by atoms with van der Waals surface area (Å²) in [6, 6.07) is 10.9. The Morgan fingerprint density at radius 1 is 0.958 bits per heavy atom. The number of amides is 1. The summed E-state index contributed by atoms with van der Waals surface area (Å²) in [5.41, 5.74) is 7.81. The zero-order chi connectivity index (χ0) is 17.3. The van der Waals surface area contributed by atoms with E-state index in [1.54, 1.807) is 24.3 Å². The largest absolute Gasteiger partial charge is 0.416 e. The Morgan fingerprint density at radius 2 is 1.50 bits per heavy atom. The van der Waals surface area contributed by atoms with Crippen molar-refractivity contribution in [2.75, 3.05) is 0 Å². The van der Waals surface area contributed by atoms with Crippen molar-refractivity contribution in [2.45, 2.75) is 20.8 Å². The fourth-order valence-corrected chi connectivity index (χ4v) is 2.46. The summed E-state index contributed by atoms with van der Waals surface area (Å²) in [4.78, 5) is 11.5. The van der Waals surface area contributed by atoms with E-state index in [-0.39, 0.29) is 5.91 Å². The van der Waals surface area contributed by atoms with Gasteiger partial charge >= 0.3 is 0 Å². The number of nitrogen functional groups attached to an aromatic ring is 1. The molecule has 0 unspecified atom stereocenters. The maximum Gasteiger partial charge on any atom is 0.265 e. The van der Waals surface area contributed by atoms with Gasteiger partial charge in [-0.1, -0.05) is 0 Å². The van der Waals surface area contributed by atoms with E-state index in [1.165, 1.54) is 16.7 Å². The van der Waals surface area contributed by atoms with Crippen LogP contribution in [0.1, 0.15) is 27.0 Å². The second-order valence-electron chi connectivity index (χ2n) is 5.70. The summed E-state index contributed by atoms with van der Waals surface area (Å²) in [6.07, 6.45) is 0. The van der Waals surface area contributed by atoms with Gasteiger partial charge in [-0.25, -0.2) is 5.84 Å². The van der Waals surface area contributed by atoms with Crippen LogP contribution in [0.25, 0.3) is 22.9 Å². The number of hydrogen-bond donors (Lipinski definition) is 2. The first-order valence-corrected chi connectivity index (χ1v) is 7.52. The van der Waals surface area contributed by atoms with Gasteiger partial charge in [0.25, 0.3) is 5.91 Å². The molecule has 1 heterocycles. The predicted molar refractivity (Wildman–Crippen MR) is 91.0 cm³/mol. The van der Waals surface area contributed by atoms with E-state index < -0.39 is 0 Å². The average molecular weight is 322 g/mol. The van der Waals surface area contributed by atoms with Crippen LogP contribution in [0.3, 0.4) is 0 Å². The van der Waals surface area contributed by atoms with Crippen LogP contribution in [0.15, 0.2) is 40.8 Å². The predicted octanol–water partition coefficient (Wildman–Crippen LogP) is 2.93. The lowest BCUT2D eigenvalue weighted by molar-refractivity contribution is 0.0953. The molecule has 0 aliphatic carbocycles. The lowest BCUT2D eigenvalue weighted by atomic mass is 10.0. The Hall–Kier alpha value is -2.99. The van der Waals surface area contributed by atoms with Crippen molar-refractivity contribution in [2.24, 2.45) is 5.84 Å². The SMILES string of the molecule is Cc1cc(-c2nnc(-c3ccc(C(=O)NN)cc3)o2)cc(C)c1C. The van der Waals surface area contributed by atoms with Gasteiger partial charge in [0.1, 0.15) is 0 Å². The first-order valence-electron chi connectivity index (χ1n) is 7.52. The van der Waals surface area contributed by atoms with E-state index in [1.807, 2.05) is 12.1 Å². The highest BCUT2D eigenvalue weighted by molar-refractivity contribution is 5.94. The first-order chi connectivity index (χ1) is 11.5. The lowest BCUT2D eigenvalue weighted by Gasteiger charge is -2.06. The van der Waals surface area contributed by atoms with Crippen LogP contribution in [0.5, 0.6) is 0 Å². The van der Waals surface area contributed by atoms with Gasteiger partial charge < -0.3 is 4.42 Å². The fraction of sp³-hybridized carbons (Fsp3) is 0.167. The molecule has 0 saturated carbocycles. The molecule has 1 amide bonds. The Balaban J connectivity index is 1.92. The molecule has 3 aromatic rings. The number of nitrogens with one attached hydrogen (secondary N) is 1. The molecule has 6 nitrogen and oxygen atoms in total. The summed E-state index contributed by atoms with van der Waals surface area (Å²) in [7, 11) is 0. The van der Waals surface area contributed by atoms with Crippen LogP contribution in [0, 0.1) is 20.8 Å². The Bertz CT molecular complexity index is 875. The van der Waals surface area contributed by atoms with E-state index in [0.29, 0.717) is 17.3 Å². The Morgan fingerprint density at radius 3 is 2.04 bits per heavy atom. The molecule has 0 aliphatic heterocycles. The molecular formula is C18H18N4O2. The third-order valence-electron chi connectivity index (χ3n) is 4.12. The zero-order valence-corrected chi connectivity index (χ0v) is 13.8. The molecule has 0 radical (unpaired) electrons. The van der Waals surface area contributed by atoms with E-state index in [9.17, 15) is 4.79 Å². The summed E-state index contributed by atoms with van der Waals surface area (Å²) in [6.45, 7) is 6.21. The summed E-state index contributed by atoms with van der Waals surface area (Å²) in [5, 5.41) is 8.23. The molecule has 2 aromatic carbocycles. The monoisotopic (exact) mass is 322 g/mol. The maximum atomic E-state index is 11.5. The maximum absolute atomic E-state index is 11.5. The van der Waals surface area contributed by atoms with Crippen molar-refractivity contribution in [3.8, 4) is 22.9 Å². The standard InChI is InChI=1S/C18H18N4O2/c1-10-8-15(9-11(2)12(10)3)18-22-21-17(24-18)14-6-4-13(5-7-14)16(23)20-19/h4-9H,19H2,1-3H3,(H,20,23). The normalized spacial score (nSPS) is 10.7. The Kier molecular flexibility index (Phi) is 4.14. The van der Waals surface area contributed by atoms with Gasteiger partial charge in [0.2, 0.25) is 11.8 Å². The highest BCUT2D eigenvalue weighted by atomic mass is 16.4. The second-order valence-corrected chi connectivity index (χ2v) is 5.70. The molecule has 0 saturated heterocycles. The number of hydrazine groups is 1. The minimum atomic E-state index is -0.349. The number of carbonyl (C=O) groups is 1. The van der Waals surface area contributed by atoms with Gasteiger partial charge in [0.05, 0.1) is 0 Å². The molecule has 1 aromatic heterocycles. The minimum absolute atomic E-state index is 0.349. The van der Waals surface area contributed by atoms with Crippen molar-refractivity contribution < 1.29 is 9.21 Å². The molecule has 0 bridgehead atoms. The van der Waals surface area contributed by atoms with Gasteiger partial charge in [-0.3, -0.25) is 10.2 Å². The summed E-state index contributed by atoms with van der Waals surface area (Å²) >= 11 is 0. The highest BCUT2D eigenvalue weighted by Crippen LogP contribution is 2.27. The van der Waals surface area contributed by atoms with E-state index in [4.69, 9.17) is 10.3 Å². The number of nitrogens with zero attached hydrogens (tertiary/aromatic N) is 2. The van der Waals surface area contributed by atoms with Crippen LogP contribution < -0.4 is 11.3 Å². The second kappa shape index (κ2) is 6.25. The van der Waals surface area contributed by atoms with Gasteiger partial charge in [-0.15, -0.1) is 10.2 Å². The van der Waals surface area contributed by atoms with Crippen LogP contribution in [0.4, 0.5) is 0 Å². The number of nitrogens with two attached hydrogens (primary N) is 1. The molecule has 0 spiro atoms. The topological polar surface area (TPSA) is 94.0 Å². The number of aromatic nitrogens is 2. The average Bonchev–Trinajstić information content (AvgIpc) is 3.08. The van der Waals surface area contributed by atoms with E-state index in [2.05, 4.69) is 36.4 Å². The van der Waals surface area contributed by atoms with Crippen molar-refractivity contribution in [1.29, 1.82) is 0 Å². The molecule has 24 heavy (non-hydrogen) atoms. The molecular weight excluding hydrogens is 304 g/mol. The molecule has 3 N–H and O–H groups in total. The van der Waals surface area contributed by atoms with Gasteiger partial charge in [0, 0.05) is 16.7 Å². The van der Waals surface area contributed by atoms with Crippen molar-refractivity contribution in [1.82, 2.24) is 15.6 Å². The fourth-order valence-electron chi connectivity index (χ4n) is 2.46. The number of carbonyl (C=O) groups excluding carboxylic acids is 1.